The monoisotopic (exact) mass is 342 g/mol. The molecule has 0 atom stereocenters. The highest BCUT2D eigenvalue weighted by atomic mass is 16.6. The SMILES string of the molecule is CN=C(NCCCNC(=O)OC(C)(C)C)N(C)CCOCC1CC1. The molecule has 7 nitrogen and oxygen atoms in total. The van der Waals surface area contributed by atoms with E-state index in [1.54, 1.807) is 7.05 Å². The van der Waals surface area contributed by atoms with Crippen LogP contribution in [0.1, 0.15) is 40.0 Å². The van der Waals surface area contributed by atoms with Crippen LogP contribution >= 0.6 is 0 Å². The lowest BCUT2D eigenvalue weighted by Gasteiger charge is -2.22. The third-order valence-corrected chi connectivity index (χ3v) is 3.50. The summed E-state index contributed by atoms with van der Waals surface area (Å²) >= 11 is 0. The van der Waals surface area contributed by atoms with E-state index >= 15 is 0 Å². The molecular weight excluding hydrogens is 308 g/mol. The number of amides is 1. The zero-order valence-corrected chi connectivity index (χ0v) is 15.9. The van der Waals surface area contributed by atoms with Gasteiger partial charge in [0.25, 0.3) is 0 Å². The van der Waals surface area contributed by atoms with Crippen molar-refractivity contribution >= 4 is 12.1 Å². The Labute approximate surface area is 146 Å². The second-order valence-electron chi connectivity index (χ2n) is 7.20. The minimum atomic E-state index is -0.464. The predicted molar refractivity (Wildman–Crippen MR) is 96.4 cm³/mol. The van der Waals surface area contributed by atoms with Gasteiger partial charge in [0.15, 0.2) is 5.96 Å². The first-order valence-corrected chi connectivity index (χ1v) is 8.78. The van der Waals surface area contributed by atoms with E-state index < -0.39 is 5.60 Å². The van der Waals surface area contributed by atoms with Gasteiger partial charge in [0.05, 0.1) is 6.61 Å². The molecule has 1 fully saturated rings. The smallest absolute Gasteiger partial charge is 0.407 e. The van der Waals surface area contributed by atoms with Gasteiger partial charge in [-0.05, 0) is 46.0 Å². The first-order chi connectivity index (χ1) is 11.3. The molecule has 1 saturated carbocycles. The maximum absolute atomic E-state index is 11.5. The molecule has 1 aliphatic rings. The zero-order chi connectivity index (χ0) is 18.0. The summed E-state index contributed by atoms with van der Waals surface area (Å²) in [7, 11) is 3.76. The molecule has 0 heterocycles. The van der Waals surface area contributed by atoms with Gasteiger partial charge in [-0.25, -0.2) is 4.79 Å². The van der Waals surface area contributed by atoms with Gasteiger partial charge in [-0.2, -0.15) is 0 Å². The fourth-order valence-corrected chi connectivity index (χ4v) is 2.02. The Morgan fingerprint density at radius 2 is 1.92 bits per heavy atom. The van der Waals surface area contributed by atoms with Gasteiger partial charge in [0.1, 0.15) is 5.60 Å². The molecule has 0 unspecified atom stereocenters. The fourth-order valence-electron chi connectivity index (χ4n) is 2.02. The van der Waals surface area contributed by atoms with Crippen molar-refractivity contribution in [3.05, 3.63) is 0 Å². The summed E-state index contributed by atoms with van der Waals surface area (Å²) in [6, 6.07) is 0. The molecule has 24 heavy (non-hydrogen) atoms. The van der Waals surface area contributed by atoms with E-state index in [1.807, 2.05) is 32.7 Å². The first kappa shape index (κ1) is 20.5. The Morgan fingerprint density at radius 1 is 1.25 bits per heavy atom. The van der Waals surface area contributed by atoms with Gasteiger partial charge in [0, 0.05) is 40.3 Å². The number of nitrogens with one attached hydrogen (secondary N) is 2. The lowest BCUT2D eigenvalue weighted by Crippen LogP contribution is -2.41. The van der Waals surface area contributed by atoms with E-state index in [1.165, 1.54) is 12.8 Å². The van der Waals surface area contributed by atoms with Crippen molar-refractivity contribution in [2.24, 2.45) is 10.9 Å². The number of ether oxygens (including phenoxy) is 2. The van der Waals surface area contributed by atoms with Crippen LogP contribution in [0.3, 0.4) is 0 Å². The van der Waals surface area contributed by atoms with Gasteiger partial charge in [-0.1, -0.05) is 0 Å². The predicted octanol–water partition coefficient (Wildman–Crippen LogP) is 1.83. The van der Waals surface area contributed by atoms with Crippen LogP contribution in [0.4, 0.5) is 4.79 Å². The Balaban J connectivity index is 2.06. The van der Waals surface area contributed by atoms with E-state index in [2.05, 4.69) is 15.6 Å². The van der Waals surface area contributed by atoms with Crippen LogP contribution < -0.4 is 10.6 Å². The summed E-state index contributed by atoms with van der Waals surface area (Å²) in [6.45, 7) is 9.25. The van der Waals surface area contributed by atoms with Crippen molar-refractivity contribution < 1.29 is 14.3 Å². The number of hydrogen-bond donors (Lipinski definition) is 2. The van der Waals surface area contributed by atoms with Crippen LogP contribution in [0.25, 0.3) is 0 Å². The largest absolute Gasteiger partial charge is 0.444 e. The molecule has 0 spiro atoms. The number of alkyl carbamates (subject to hydrolysis) is 1. The molecule has 0 radical (unpaired) electrons. The lowest BCUT2D eigenvalue weighted by molar-refractivity contribution is 0.0527. The average Bonchev–Trinajstić information content (AvgIpc) is 3.29. The number of carbonyl (C=O) groups is 1. The van der Waals surface area contributed by atoms with E-state index in [0.29, 0.717) is 13.2 Å². The fraction of sp³-hybridized carbons (Fsp3) is 0.882. The van der Waals surface area contributed by atoms with Crippen molar-refractivity contribution in [2.75, 3.05) is 46.9 Å². The van der Waals surface area contributed by atoms with Crippen molar-refractivity contribution in [3.63, 3.8) is 0 Å². The summed E-state index contributed by atoms with van der Waals surface area (Å²) in [5.74, 6) is 1.63. The lowest BCUT2D eigenvalue weighted by atomic mass is 10.2. The molecule has 0 bridgehead atoms. The molecule has 2 N–H and O–H groups in total. The number of carbonyl (C=O) groups excluding carboxylic acids is 1. The number of rotatable bonds is 9. The van der Waals surface area contributed by atoms with Gasteiger partial charge in [-0.3, -0.25) is 4.99 Å². The molecule has 0 saturated heterocycles. The zero-order valence-electron chi connectivity index (χ0n) is 15.9. The normalized spacial score (nSPS) is 15.1. The Morgan fingerprint density at radius 3 is 2.50 bits per heavy atom. The minimum absolute atomic E-state index is 0.378. The van der Waals surface area contributed by atoms with Crippen LogP contribution in [-0.2, 0) is 9.47 Å². The molecule has 7 heteroatoms. The molecule has 0 aromatic heterocycles. The first-order valence-electron chi connectivity index (χ1n) is 8.78. The molecular formula is C17H34N4O3. The number of hydrogen-bond acceptors (Lipinski definition) is 4. The molecule has 0 aliphatic heterocycles. The van der Waals surface area contributed by atoms with E-state index in [4.69, 9.17) is 9.47 Å². The van der Waals surface area contributed by atoms with Crippen LogP contribution in [0.15, 0.2) is 4.99 Å². The van der Waals surface area contributed by atoms with E-state index in [9.17, 15) is 4.79 Å². The van der Waals surface area contributed by atoms with Crippen LogP contribution in [-0.4, -0.2) is 69.5 Å². The second kappa shape index (κ2) is 10.4. The summed E-state index contributed by atoms with van der Waals surface area (Å²) in [6.07, 6.45) is 3.05. The summed E-state index contributed by atoms with van der Waals surface area (Å²) < 4.78 is 10.8. The number of aliphatic imine (C=N–C) groups is 1. The highest BCUT2D eigenvalue weighted by molar-refractivity contribution is 5.79. The molecule has 1 rings (SSSR count). The molecule has 0 aromatic rings. The highest BCUT2D eigenvalue weighted by Crippen LogP contribution is 2.28. The van der Waals surface area contributed by atoms with Crippen molar-refractivity contribution in [3.8, 4) is 0 Å². The van der Waals surface area contributed by atoms with E-state index in [0.717, 1.165) is 38.0 Å². The second-order valence-corrected chi connectivity index (χ2v) is 7.20. The summed E-state index contributed by atoms with van der Waals surface area (Å²) in [4.78, 5) is 17.8. The minimum Gasteiger partial charge on any atom is -0.444 e. The Hall–Kier alpha value is -1.50. The third-order valence-electron chi connectivity index (χ3n) is 3.50. The average molecular weight is 342 g/mol. The highest BCUT2D eigenvalue weighted by Gasteiger charge is 2.21. The molecule has 140 valence electrons. The number of likely N-dealkylation sites (N-methyl/N-ethyl adjacent to an activating group) is 1. The summed E-state index contributed by atoms with van der Waals surface area (Å²) in [5.41, 5.74) is -0.464. The third kappa shape index (κ3) is 10.3. The number of guanidine groups is 1. The summed E-state index contributed by atoms with van der Waals surface area (Å²) in [5, 5.41) is 6.03. The molecule has 1 aliphatic carbocycles. The van der Waals surface area contributed by atoms with Gasteiger partial charge in [-0.15, -0.1) is 0 Å². The van der Waals surface area contributed by atoms with E-state index in [-0.39, 0.29) is 6.09 Å². The van der Waals surface area contributed by atoms with Crippen LogP contribution in [0, 0.1) is 5.92 Å². The van der Waals surface area contributed by atoms with Gasteiger partial charge in [0.2, 0.25) is 0 Å². The van der Waals surface area contributed by atoms with Crippen LogP contribution in [0.2, 0.25) is 0 Å². The van der Waals surface area contributed by atoms with Gasteiger partial charge >= 0.3 is 6.09 Å². The van der Waals surface area contributed by atoms with Crippen molar-refractivity contribution in [1.29, 1.82) is 0 Å². The molecule has 0 aromatic carbocycles. The maximum atomic E-state index is 11.5. The maximum Gasteiger partial charge on any atom is 0.407 e. The van der Waals surface area contributed by atoms with Crippen molar-refractivity contribution in [2.45, 2.75) is 45.6 Å². The van der Waals surface area contributed by atoms with Crippen LogP contribution in [0.5, 0.6) is 0 Å². The Kier molecular flexibility index (Phi) is 8.89. The Bertz CT molecular complexity index is 403. The quantitative estimate of drug-likeness (QED) is 0.380. The standard InChI is InChI=1S/C17H34N4O3/c1-17(2,3)24-16(22)20-10-6-9-19-15(18-4)21(5)11-12-23-13-14-7-8-14/h14H,6-13H2,1-5H3,(H,18,19)(H,20,22). The van der Waals surface area contributed by atoms with Crippen molar-refractivity contribution in [1.82, 2.24) is 15.5 Å². The van der Waals surface area contributed by atoms with Gasteiger partial charge < -0.3 is 25.0 Å². The topological polar surface area (TPSA) is 75.2 Å². The number of nitrogens with zero attached hydrogens (tertiary/aromatic N) is 2. The molecule has 1 amide bonds.